The number of benzene rings is 1. The zero-order valence-corrected chi connectivity index (χ0v) is 17.4. The van der Waals surface area contributed by atoms with Gasteiger partial charge in [0.05, 0.1) is 13.3 Å². The summed E-state index contributed by atoms with van der Waals surface area (Å²) in [5.74, 6) is 2.60. The van der Waals surface area contributed by atoms with Gasteiger partial charge in [0, 0.05) is 42.2 Å². The van der Waals surface area contributed by atoms with Crippen LogP contribution in [0, 0.1) is 6.92 Å². The summed E-state index contributed by atoms with van der Waals surface area (Å²) in [5, 5.41) is 11.3. The van der Waals surface area contributed by atoms with Gasteiger partial charge in [0.1, 0.15) is 17.4 Å². The standard InChI is InChI=1S/C23H29N5O/c1-16-9-12-22(27-23(16)26-18-7-5-4-6-8-18)25-19-10-11-20(21(13-19)29-3)17-14-24-28(2)15-17/h9-15,18H,4-8H2,1-3H3,(H2,25,26,27). The molecule has 0 unspecified atom stereocenters. The van der Waals surface area contributed by atoms with Gasteiger partial charge in [-0.25, -0.2) is 4.98 Å². The molecule has 1 aliphatic rings. The van der Waals surface area contributed by atoms with Gasteiger partial charge in [-0.15, -0.1) is 0 Å². The Morgan fingerprint density at radius 2 is 1.93 bits per heavy atom. The van der Waals surface area contributed by atoms with Crippen LogP contribution in [-0.4, -0.2) is 27.9 Å². The molecule has 3 aromatic rings. The second-order valence-electron chi connectivity index (χ2n) is 7.78. The van der Waals surface area contributed by atoms with E-state index in [0.717, 1.165) is 34.2 Å². The molecule has 0 bridgehead atoms. The highest BCUT2D eigenvalue weighted by atomic mass is 16.5. The van der Waals surface area contributed by atoms with Gasteiger partial charge in [0.25, 0.3) is 0 Å². The van der Waals surface area contributed by atoms with E-state index in [1.54, 1.807) is 11.8 Å². The average Bonchev–Trinajstić information content (AvgIpc) is 3.17. The van der Waals surface area contributed by atoms with Crippen LogP contribution in [0.2, 0.25) is 0 Å². The van der Waals surface area contributed by atoms with Gasteiger partial charge < -0.3 is 15.4 Å². The minimum absolute atomic E-state index is 0.532. The molecule has 2 aromatic heterocycles. The SMILES string of the molecule is COc1cc(Nc2ccc(C)c(NC3CCCCC3)n2)ccc1-c1cnn(C)c1. The van der Waals surface area contributed by atoms with E-state index in [1.165, 1.54) is 37.7 Å². The predicted molar refractivity (Wildman–Crippen MR) is 118 cm³/mol. The third kappa shape index (κ3) is 4.53. The first-order valence-corrected chi connectivity index (χ1v) is 10.3. The molecule has 1 saturated carbocycles. The summed E-state index contributed by atoms with van der Waals surface area (Å²) in [6.45, 7) is 2.10. The van der Waals surface area contributed by atoms with Crippen molar-refractivity contribution in [2.75, 3.05) is 17.7 Å². The third-order valence-electron chi connectivity index (χ3n) is 5.53. The van der Waals surface area contributed by atoms with E-state index < -0.39 is 0 Å². The number of hydrogen-bond acceptors (Lipinski definition) is 5. The van der Waals surface area contributed by atoms with Crippen molar-refractivity contribution in [2.45, 2.75) is 45.1 Å². The number of methoxy groups -OCH3 is 1. The maximum atomic E-state index is 5.62. The van der Waals surface area contributed by atoms with Gasteiger partial charge in [-0.05, 0) is 43.5 Å². The maximum Gasteiger partial charge on any atom is 0.132 e. The van der Waals surface area contributed by atoms with Crippen molar-refractivity contribution in [1.29, 1.82) is 0 Å². The fraction of sp³-hybridized carbons (Fsp3) is 0.391. The average molecular weight is 392 g/mol. The van der Waals surface area contributed by atoms with Crippen LogP contribution < -0.4 is 15.4 Å². The number of anilines is 3. The molecule has 2 N–H and O–H groups in total. The summed E-state index contributed by atoms with van der Waals surface area (Å²) in [6.07, 6.45) is 10.2. The monoisotopic (exact) mass is 391 g/mol. The molecule has 152 valence electrons. The molecule has 0 atom stereocenters. The lowest BCUT2D eigenvalue weighted by Crippen LogP contribution is -2.23. The van der Waals surface area contributed by atoms with Crippen molar-refractivity contribution in [3.8, 4) is 16.9 Å². The lowest BCUT2D eigenvalue weighted by Gasteiger charge is -2.24. The minimum Gasteiger partial charge on any atom is -0.496 e. The second kappa shape index (κ2) is 8.55. The van der Waals surface area contributed by atoms with E-state index in [2.05, 4.69) is 28.7 Å². The van der Waals surface area contributed by atoms with Crippen LogP contribution >= 0.6 is 0 Å². The first-order chi connectivity index (χ1) is 14.1. The number of nitrogens with zero attached hydrogens (tertiary/aromatic N) is 3. The van der Waals surface area contributed by atoms with Crippen LogP contribution in [0.15, 0.2) is 42.7 Å². The highest BCUT2D eigenvalue weighted by Crippen LogP contribution is 2.33. The minimum atomic E-state index is 0.532. The first kappa shape index (κ1) is 19.3. The van der Waals surface area contributed by atoms with Gasteiger partial charge in [-0.1, -0.05) is 25.3 Å². The Morgan fingerprint density at radius 1 is 1.10 bits per heavy atom. The van der Waals surface area contributed by atoms with E-state index >= 15 is 0 Å². The zero-order chi connectivity index (χ0) is 20.2. The third-order valence-corrected chi connectivity index (χ3v) is 5.53. The number of nitrogens with one attached hydrogen (secondary N) is 2. The fourth-order valence-corrected chi connectivity index (χ4v) is 3.90. The largest absolute Gasteiger partial charge is 0.496 e. The number of rotatable bonds is 6. The topological polar surface area (TPSA) is 64.0 Å². The fourth-order valence-electron chi connectivity index (χ4n) is 3.90. The molecule has 0 radical (unpaired) electrons. The number of aromatic nitrogens is 3. The molecular formula is C23H29N5O. The molecule has 0 spiro atoms. The van der Waals surface area contributed by atoms with Crippen molar-refractivity contribution in [2.24, 2.45) is 7.05 Å². The van der Waals surface area contributed by atoms with Crippen LogP contribution in [0.4, 0.5) is 17.3 Å². The van der Waals surface area contributed by atoms with E-state index in [0.29, 0.717) is 6.04 Å². The lowest BCUT2D eigenvalue weighted by atomic mass is 9.95. The molecule has 29 heavy (non-hydrogen) atoms. The van der Waals surface area contributed by atoms with E-state index in [9.17, 15) is 0 Å². The van der Waals surface area contributed by atoms with E-state index in [1.807, 2.05) is 43.7 Å². The normalized spacial score (nSPS) is 14.6. The molecule has 0 amide bonds. The summed E-state index contributed by atoms with van der Waals surface area (Å²) in [4.78, 5) is 4.82. The summed E-state index contributed by atoms with van der Waals surface area (Å²) in [7, 11) is 3.60. The highest BCUT2D eigenvalue weighted by molar-refractivity contribution is 5.74. The van der Waals surface area contributed by atoms with Gasteiger partial charge in [0.15, 0.2) is 0 Å². The number of ether oxygens (including phenoxy) is 1. The van der Waals surface area contributed by atoms with E-state index in [-0.39, 0.29) is 0 Å². The number of pyridine rings is 1. The van der Waals surface area contributed by atoms with Crippen molar-refractivity contribution < 1.29 is 4.74 Å². The molecular weight excluding hydrogens is 362 g/mol. The van der Waals surface area contributed by atoms with Crippen LogP contribution in [0.1, 0.15) is 37.7 Å². The van der Waals surface area contributed by atoms with Gasteiger partial charge in [0.2, 0.25) is 0 Å². The first-order valence-electron chi connectivity index (χ1n) is 10.3. The molecule has 0 saturated heterocycles. The predicted octanol–water partition coefficient (Wildman–Crippen LogP) is 5.29. The Balaban J connectivity index is 1.53. The number of hydrogen-bond donors (Lipinski definition) is 2. The highest BCUT2D eigenvalue weighted by Gasteiger charge is 2.15. The molecule has 0 aliphatic heterocycles. The molecule has 1 aliphatic carbocycles. The Morgan fingerprint density at radius 3 is 2.66 bits per heavy atom. The van der Waals surface area contributed by atoms with Crippen LogP contribution in [0.5, 0.6) is 5.75 Å². The summed E-state index contributed by atoms with van der Waals surface area (Å²) >= 11 is 0. The van der Waals surface area contributed by atoms with Gasteiger partial charge >= 0.3 is 0 Å². The van der Waals surface area contributed by atoms with Crippen molar-refractivity contribution in [3.05, 3.63) is 48.3 Å². The molecule has 4 rings (SSSR count). The summed E-state index contributed by atoms with van der Waals surface area (Å²) < 4.78 is 7.41. The molecule has 6 heteroatoms. The van der Waals surface area contributed by atoms with Crippen molar-refractivity contribution >= 4 is 17.3 Å². The zero-order valence-electron chi connectivity index (χ0n) is 17.4. The Kier molecular flexibility index (Phi) is 5.69. The van der Waals surface area contributed by atoms with Crippen LogP contribution in [-0.2, 0) is 7.05 Å². The summed E-state index contributed by atoms with van der Waals surface area (Å²) in [6, 6.07) is 10.8. The quantitative estimate of drug-likeness (QED) is 0.598. The summed E-state index contributed by atoms with van der Waals surface area (Å²) in [5.41, 5.74) is 4.16. The second-order valence-corrected chi connectivity index (χ2v) is 7.78. The Hall–Kier alpha value is -3.02. The Labute approximate surface area is 172 Å². The molecule has 2 heterocycles. The molecule has 6 nitrogen and oxygen atoms in total. The Bertz CT molecular complexity index is 975. The molecule has 1 aromatic carbocycles. The lowest BCUT2D eigenvalue weighted by molar-refractivity contribution is 0.416. The van der Waals surface area contributed by atoms with E-state index in [4.69, 9.17) is 9.72 Å². The maximum absolute atomic E-state index is 5.62. The smallest absolute Gasteiger partial charge is 0.132 e. The molecule has 1 fully saturated rings. The number of aryl methyl sites for hydroxylation is 2. The van der Waals surface area contributed by atoms with Crippen LogP contribution in [0.3, 0.4) is 0 Å². The van der Waals surface area contributed by atoms with Crippen molar-refractivity contribution in [3.63, 3.8) is 0 Å². The van der Waals surface area contributed by atoms with Gasteiger partial charge in [-0.3, -0.25) is 4.68 Å². The van der Waals surface area contributed by atoms with Crippen molar-refractivity contribution in [1.82, 2.24) is 14.8 Å². The van der Waals surface area contributed by atoms with Gasteiger partial charge in [-0.2, -0.15) is 5.10 Å². The van der Waals surface area contributed by atoms with Crippen LogP contribution in [0.25, 0.3) is 11.1 Å².